The molecule has 5 heteroatoms. The summed E-state index contributed by atoms with van der Waals surface area (Å²) in [5.41, 5.74) is 6.83. The molecule has 0 saturated carbocycles. The number of nitrogen functional groups attached to an aromatic ring is 1. The largest absolute Gasteiger partial charge is 0.398 e. The van der Waals surface area contributed by atoms with E-state index in [1.165, 1.54) is 31.1 Å². The van der Waals surface area contributed by atoms with Crippen LogP contribution in [0.4, 0.5) is 5.69 Å². The predicted molar refractivity (Wildman–Crippen MR) is 54.1 cm³/mol. The second-order valence-corrected chi connectivity index (χ2v) is 2.92. The third-order valence-electron chi connectivity index (χ3n) is 1.92. The number of hydrogen-bond acceptors (Lipinski definition) is 5. The minimum absolute atomic E-state index is 0.221. The Morgan fingerprint density at radius 3 is 2.53 bits per heavy atom. The van der Waals surface area contributed by atoms with Crippen LogP contribution >= 0.6 is 0 Å². The maximum atomic E-state index is 11.9. The van der Waals surface area contributed by atoms with Gasteiger partial charge in [-0.3, -0.25) is 9.78 Å². The van der Waals surface area contributed by atoms with Crippen LogP contribution in [0.15, 0.2) is 37.2 Å². The second kappa shape index (κ2) is 3.83. The first-order valence-electron chi connectivity index (χ1n) is 4.28. The van der Waals surface area contributed by atoms with Gasteiger partial charge in [-0.2, -0.15) is 0 Å². The van der Waals surface area contributed by atoms with Crippen molar-refractivity contribution in [1.82, 2.24) is 15.0 Å². The molecular weight excluding hydrogens is 192 g/mol. The highest BCUT2D eigenvalue weighted by Crippen LogP contribution is 2.13. The number of nitrogens with zero attached hydrogens (tertiary/aromatic N) is 3. The zero-order valence-corrected chi connectivity index (χ0v) is 7.79. The minimum Gasteiger partial charge on any atom is -0.398 e. The van der Waals surface area contributed by atoms with Crippen molar-refractivity contribution in [3.05, 3.63) is 48.3 Å². The number of anilines is 1. The highest BCUT2D eigenvalue weighted by molar-refractivity contribution is 6.11. The summed E-state index contributed by atoms with van der Waals surface area (Å²) in [5.74, 6) is -0.221. The summed E-state index contributed by atoms with van der Waals surface area (Å²) >= 11 is 0. The topological polar surface area (TPSA) is 81.8 Å². The van der Waals surface area contributed by atoms with Crippen LogP contribution in [0.25, 0.3) is 0 Å². The van der Waals surface area contributed by atoms with Crippen LogP contribution in [0.2, 0.25) is 0 Å². The van der Waals surface area contributed by atoms with Crippen LogP contribution in [-0.4, -0.2) is 20.7 Å². The molecule has 0 saturated heterocycles. The Hall–Kier alpha value is -2.30. The molecule has 2 aromatic rings. The Bertz CT molecular complexity index is 484. The summed E-state index contributed by atoms with van der Waals surface area (Å²) in [4.78, 5) is 23.3. The third-order valence-corrected chi connectivity index (χ3v) is 1.92. The lowest BCUT2D eigenvalue weighted by atomic mass is 10.1. The van der Waals surface area contributed by atoms with E-state index in [0.717, 1.165) is 0 Å². The Morgan fingerprint density at radius 2 is 1.87 bits per heavy atom. The average Bonchev–Trinajstić information content (AvgIpc) is 2.30. The summed E-state index contributed by atoms with van der Waals surface area (Å²) in [5, 5.41) is 0. The van der Waals surface area contributed by atoms with E-state index < -0.39 is 0 Å². The van der Waals surface area contributed by atoms with Gasteiger partial charge in [0.25, 0.3) is 0 Å². The van der Waals surface area contributed by atoms with Gasteiger partial charge in [-0.05, 0) is 6.07 Å². The van der Waals surface area contributed by atoms with Crippen molar-refractivity contribution in [2.45, 2.75) is 0 Å². The number of nitrogens with two attached hydrogens (primary N) is 1. The Morgan fingerprint density at radius 1 is 1.13 bits per heavy atom. The van der Waals surface area contributed by atoms with Gasteiger partial charge in [0.1, 0.15) is 6.33 Å². The monoisotopic (exact) mass is 200 g/mol. The molecule has 0 aromatic carbocycles. The number of aromatic nitrogens is 3. The van der Waals surface area contributed by atoms with Gasteiger partial charge < -0.3 is 5.73 Å². The summed E-state index contributed by atoms with van der Waals surface area (Å²) in [6, 6.07) is 1.58. The average molecular weight is 200 g/mol. The second-order valence-electron chi connectivity index (χ2n) is 2.92. The van der Waals surface area contributed by atoms with E-state index in [4.69, 9.17) is 5.73 Å². The van der Waals surface area contributed by atoms with Crippen molar-refractivity contribution in [2.24, 2.45) is 0 Å². The SMILES string of the molecule is Nc1ccncc1C(=O)c1cncnc1. The first kappa shape index (κ1) is 9.26. The molecule has 0 unspecified atom stereocenters. The number of carbonyl (C=O) groups excluding carboxylic acids is 1. The van der Waals surface area contributed by atoms with Gasteiger partial charge in [0, 0.05) is 30.5 Å². The van der Waals surface area contributed by atoms with Crippen LogP contribution in [0.3, 0.4) is 0 Å². The smallest absolute Gasteiger partial charge is 0.199 e. The number of hydrogen-bond donors (Lipinski definition) is 1. The van der Waals surface area contributed by atoms with Crippen molar-refractivity contribution >= 4 is 11.5 Å². The highest BCUT2D eigenvalue weighted by Gasteiger charge is 2.12. The van der Waals surface area contributed by atoms with Crippen LogP contribution in [0.5, 0.6) is 0 Å². The maximum absolute atomic E-state index is 11.9. The van der Waals surface area contributed by atoms with E-state index in [0.29, 0.717) is 16.8 Å². The van der Waals surface area contributed by atoms with E-state index in [2.05, 4.69) is 15.0 Å². The summed E-state index contributed by atoms with van der Waals surface area (Å²) in [6.45, 7) is 0. The zero-order chi connectivity index (χ0) is 10.7. The number of pyridine rings is 1. The van der Waals surface area contributed by atoms with Gasteiger partial charge in [-0.15, -0.1) is 0 Å². The molecule has 0 aliphatic heterocycles. The molecule has 5 nitrogen and oxygen atoms in total. The van der Waals surface area contributed by atoms with Crippen LogP contribution in [0, 0.1) is 0 Å². The zero-order valence-electron chi connectivity index (χ0n) is 7.79. The molecule has 2 aromatic heterocycles. The quantitative estimate of drug-likeness (QED) is 0.721. The Labute approximate surface area is 86.0 Å². The first-order valence-corrected chi connectivity index (χ1v) is 4.28. The number of ketones is 1. The molecule has 15 heavy (non-hydrogen) atoms. The van der Waals surface area contributed by atoms with Gasteiger partial charge in [0.05, 0.1) is 11.1 Å². The van der Waals surface area contributed by atoms with E-state index in [1.807, 2.05) is 0 Å². The first-order chi connectivity index (χ1) is 7.29. The van der Waals surface area contributed by atoms with Crippen LogP contribution in [-0.2, 0) is 0 Å². The molecule has 0 atom stereocenters. The van der Waals surface area contributed by atoms with Crippen molar-refractivity contribution < 1.29 is 4.79 Å². The number of rotatable bonds is 2. The Kier molecular flexibility index (Phi) is 2.37. The molecule has 0 radical (unpaired) electrons. The third kappa shape index (κ3) is 1.80. The van der Waals surface area contributed by atoms with E-state index in [-0.39, 0.29) is 5.78 Å². The van der Waals surface area contributed by atoms with Crippen LogP contribution in [0.1, 0.15) is 15.9 Å². The lowest BCUT2D eigenvalue weighted by molar-refractivity contribution is 0.103. The lowest BCUT2D eigenvalue weighted by Gasteiger charge is -2.02. The number of carbonyl (C=O) groups is 1. The van der Waals surface area contributed by atoms with E-state index in [1.54, 1.807) is 6.07 Å². The molecule has 0 aliphatic rings. The molecule has 0 aliphatic carbocycles. The van der Waals surface area contributed by atoms with Crippen molar-refractivity contribution in [1.29, 1.82) is 0 Å². The fraction of sp³-hybridized carbons (Fsp3) is 0. The highest BCUT2D eigenvalue weighted by atomic mass is 16.1. The van der Waals surface area contributed by atoms with Gasteiger partial charge in [0.2, 0.25) is 0 Å². The molecule has 2 heterocycles. The summed E-state index contributed by atoms with van der Waals surface area (Å²) in [7, 11) is 0. The Balaban J connectivity index is 2.42. The summed E-state index contributed by atoms with van der Waals surface area (Å²) < 4.78 is 0. The fourth-order valence-electron chi connectivity index (χ4n) is 1.17. The van der Waals surface area contributed by atoms with E-state index in [9.17, 15) is 4.79 Å². The van der Waals surface area contributed by atoms with Gasteiger partial charge in [-0.25, -0.2) is 9.97 Å². The standard InChI is InChI=1S/C10H8N4O/c11-9-1-2-12-5-8(9)10(15)7-3-13-6-14-4-7/h1-6H,(H2,11,12). The van der Waals surface area contributed by atoms with Crippen LogP contribution < -0.4 is 5.73 Å². The fourth-order valence-corrected chi connectivity index (χ4v) is 1.17. The lowest BCUT2D eigenvalue weighted by Crippen LogP contribution is -2.06. The van der Waals surface area contributed by atoms with Crippen molar-refractivity contribution in [2.75, 3.05) is 5.73 Å². The summed E-state index contributed by atoms with van der Waals surface area (Å²) in [6.07, 6.45) is 7.23. The normalized spacial score (nSPS) is 9.87. The molecule has 0 amide bonds. The molecule has 0 fully saturated rings. The maximum Gasteiger partial charge on any atom is 0.199 e. The van der Waals surface area contributed by atoms with Gasteiger partial charge in [0.15, 0.2) is 5.78 Å². The van der Waals surface area contributed by atoms with Crippen molar-refractivity contribution in [3.63, 3.8) is 0 Å². The van der Waals surface area contributed by atoms with Gasteiger partial charge >= 0.3 is 0 Å². The molecule has 0 bridgehead atoms. The van der Waals surface area contributed by atoms with Gasteiger partial charge in [-0.1, -0.05) is 0 Å². The molecule has 0 spiro atoms. The molecule has 2 rings (SSSR count). The molecule has 74 valence electrons. The molecular formula is C10H8N4O. The minimum atomic E-state index is -0.221. The molecule has 2 N–H and O–H groups in total. The predicted octanol–water partition coefficient (Wildman–Crippen LogP) is 0.685. The van der Waals surface area contributed by atoms with Crippen molar-refractivity contribution in [3.8, 4) is 0 Å². The van der Waals surface area contributed by atoms with E-state index >= 15 is 0 Å².